The van der Waals surface area contributed by atoms with E-state index in [1.54, 1.807) is 24.3 Å². The zero-order valence-electron chi connectivity index (χ0n) is 7.18. The largest absolute Gasteiger partial charge is 0.479 e. The summed E-state index contributed by atoms with van der Waals surface area (Å²) in [6, 6.07) is 5.47. The van der Waals surface area contributed by atoms with Crippen LogP contribution in [0.1, 0.15) is 22.0 Å². The number of carbonyl (C=O) groups excluding carboxylic acids is 1. The standard InChI is InChI=1S/C9H8N2O3/c10-11-7(9(13)14)5-3-1-2-4-6(5)8(11)12/h1-4,7H,10H2,(H,13,14)/t7-/m0/s1. The normalized spacial score (nSPS) is 19.6. The average molecular weight is 192 g/mol. The number of fused-ring (bicyclic) bond motifs is 1. The first-order valence-corrected chi connectivity index (χ1v) is 4.03. The lowest BCUT2D eigenvalue weighted by Gasteiger charge is -2.14. The molecule has 0 unspecified atom stereocenters. The van der Waals surface area contributed by atoms with E-state index < -0.39 is 17.9 Å². The first-order chi connectivity index (χ1) is 6.63. The lowest BCUT2D eigenvalue weighted by Crippen LogP contribution is -2.38. The molecule has 0 bridgehead atoms. The Morgan fingerprint density at radius 3 is 2.71 bits per heavy atom. The van der Waals surface area contributed by atoms with E-state index in [4.69, 9.17) is 10.9 Å². The number of carbonyl (C=O) groups is 2. The number of aliphatic carboxylic acids is 1. The van der Waals surface area contributed by atoms with Crippen molar-refractivity contribution in [1.29, 1.82) is 0 Å². The minimum Gasteiger partial charge on any atom is -0.479 e. The van der Waals surface area contributed by atoms with E-state index in [2.05, 4.69) is 0 Å². The highest BCUT2D eigenvalue weighted by Gasteiger charge is 2.39. The van der Waals surface area contributed by atoms with E-state index in [0.717, 1.165) is 5.01 Å². The van der Waals surface area contributed by atoms with Crippen LogP contribution in [0.4, 0.5) is 0 Å². The van der Waals surface area contributed by atoms with Crippen molar-refractivity contribution in [3.05, 3.63) is 35.4 Å². The molecule has 0 spiro atoms. The van der Waals surface area contributed by atoms with Crippen molar-refractivity contribution in [2.75, 3.05) is 0 Å². The smallest absolute Gasteiger partial charge is 0.332 e. The highest BCUT2D eigenvalue weighted by molar-refractivity contribution is 6.03. The van der Waals surface area contributed by atoms with Gasteiger partial charge in [0.05, 0.1) is 0 Å². The number of nitrogens with zero attached hydrogens (tertiary/aromatic N) is 1. The van der Waals surface area contributed by atoms with Gasteiger partial charge < -0.3 is 5.11 Å². The average Bonchev–Trinajstić information content (AvgIpc) is 2.41. The SMILES string of the molecule is NN1C(=O)c2ccccc2[C@H]1C(=O)O. The Kier molecular flexibility index (Phi) is 1.75. The molecule has 2 rings (SSSR count). The van der Waals surface area contributed by atoms with Gasteiger partial charge >= 0.3 is 5.97 Å². The predicted octanol–water partition coefficient (Wildman–Crippen LogP) is 0.142. The van der Waals surface area contributed by atoms with Crippen molar-refractivity contribution in [2.24, 2.45) is 5.84 Å². The van der Waals surface area contributed by atoms with Gasteiger partial charge in [-0.3, -0.25) is 9.80 Å². The van der Waals surface area contributed by atoms with Crippen molar-refractivity contribution in [3.8, 4) is 0 Å². The Hall–Kier alpha value is -1.88. The third kappa shape index (κ3) is 0.993. The number of amides is 1. The lowest BCUT2D eigenvalue weighted by atomic mass is 10.1. The number of hydrogen-bond donors (Lipinski definition) is 2. The number of carboxylic acids is 1. The fourth-order valence-corrected chi connectivity index (χ4v) is 1.59. The van der Waals surface area contributed by atoms with Gasteiger partial charge in [-0.05, 0) is 6.07 Å². The zero-order chi connectivity index (χ0) is 10.3. The maximum absolute atomic E-state index is 11.4. The fraction of sp³-hybridized carbons (Fsp3) is 0.111. The molecule has 0 aliphatic carbocycles. The van der Waals surface area contributed by atoms with Crippen LogP contribution < -0.4 is 5.84 Å². The topological polar surface area (TPSA) is 83.6 Å². The number of benzene rings is 1. The summed E-state index contributed by atoms with van der Waals surface area (Å²) < 4.78 is 0. The lowest BCUT2D eigenvalue weighted by molar-refractivity contribution is -0.142. The highest BCUT2D eigenvalue weighted by atomic mass is 16.4. The van der Waals surface area contributed by atoms with Crippen LogP contribution in [0, 0.1) is 0 Å². The molecule has 0 fully saturated rings. The quantitative estimate of drug-likeness (QED) is 0.489. The van der Waals surface area contributed by atoms with E-state index in [0.29, 0.717) is 11.1 Å². The number of hydrogen-bond acceptors (Lipinski definition) is 3. The van der Waals surface area contributed by atoms with Crippen molar-refractivity contribution in [2.45, 2.75) is 6.04 Å². The summed E-state index contributed by atoms with van der Waals surface area (Å²) in [6.07, 6.45) is 0. The monoisotopic (exact) mass is 192 g/mol. The summed E-state index contributed by atoms with van der Waals surface area (Å²) in [7, 11) is 0. The van der Waals surface area contributed by atoms with Gasteiger partial charge in [0.2, 0.25) is 0 Å². The van der Waals surface area contributed by atoms with Crippen molar-refractivity contribution in [3.63, 3.8) is 0 Å². The van der Waals surface area contributed by atoms with E-state index in [1.807, 2.05) is 0 Å². The Labute approximate surface area is 79.7 Å². The zero-order valence-corrected chi connectivity index (χ0v) is 7.18. The third-order valence-corrected chi connectivity index (χ3v) is 2.23. The third-order valence-electron chi connectivity index (χ3n) is 2.23. The minimum atomic E-state index is -1.12. The molecule has 0 saturated carbocycles. The van der Waals surface area contributed by atoms with Gasteiger partial charge in [-0.2, -0.15) is 0 Å². The predicted molar refractivity (Wildman–Crippen MR) is 47.2 cm³/mol. The molecule has 1 amide bonds. The number of nitrogens with two attached hydrogens (primary N) is 1. The van der Waals surface area contributed by atoms with Gasteiger partial charge in [0, 0.05) is 11.1 Å². The summed E-state index contributed by atoms with van der Waals surface area (Å²) in [5.41, 5.74) is 0.815. The second kappa shape index (κ2) is 2.81. The van der Waals surface area contributed by atoms with Gasteiger partial charge in [0.1, 0.15) is 0 Å². The minimum absolute atomic E-state index is 0.363. The molecule has 1 heterocycles. The van der Waals surface area contributed by atoms with E-state index in [1.165, 1.54) is 0 Å². The molecule has 1 aromatic rings. The van der Waals surface area contributed by atoms with Crippen LogP contribution in [0.2, 0.25) is 0 Å². The van der Waals surface area contributed by atoms with Gasteiger partial charge in [-0.15, -0.1) is 0 Å². The molecule has 14 heavy (non-hydrogen) atoms. The summed E-state index contributed by atoms with van der Waals surface area (Å²) in [4.78, 5) is 22.3. The molecule has 0 radical (unpaired) electrons. The number of hydrazine groups is 1. The molecule has 5 heteroatoms. The Bertz CT molecular complexity index is 416. The van der Waals surface area contributed by atoms with Crippen molar-refractivity contribution >= 4 is 11.9 Å². The molecule has 3 N–H and O–H groups in total. The van der Waals surface area contributed by atoms with Gasteiger partial charge in [0.25, 0.3) is 5.91 Å². The molecular weight excluding hydrogens is 184 g/mol. The van der Waals surface area contributed by atoms with Crippen LogP contribution in [-0.4, -0.2) is 22.0 Å². The molecule has 1 aliphatic heterocycles. The summed E-state index contributed by atoms with van der Waals surface area (Å²) >= 11 is 0. The van der Waals surface area contributed by atoms with Gasteiger partial charge in [-0.1, -0.05) is 18.2 Å². The molecule has 0 aromatic heterocycles. The number of carboxylic acid groups (broad SMARTS) is 1. The van der Waals surface area contributed by atoms with Crippen LogP contribution >= 0.6 is 0 Å². The fourth-order valence-electron chi connectivity index (χ4n) is 1.59. The molecule has 5 nitrogen and oxygen atoms in total. The Morgan fingerprint density at radius 1 is 1.43 bits per heavy atom. The molecule has 0 saturated heterocycles. The van der Waals surface area contributed by atoms with Gasteiger partial charge in [-0.25, -0.2) is 10.6 Å². The maximum Gasteiger partial charge on any atom is 0.332 e. The van der Waals surface area contributed by atoms with Crippen molar-refractivity contribution in [1.82, 2.24) is 5.01 Å². The van der Waals surface area contributed by atoms with Crippen LogP contribution in [0.25, 0.3) is 0 Å². The van der Waals surface area contributed by atoms with Crippen LogP contribution in [0.15, 0.2) is 24.3 Å². The number of rotatable bonds is 1. The van der Waals surface area contributed by atoms with E-state index in [9.17, 15) is 9.59 Å². The van der Waals surface area contributed by atoms with E-state index in [-0.39, 0.29) is 0 Å². The second-order valence-corrected chi connectivity index (χ2v) is 3.04. The first kappa shape index (κ1) is 8.71. The Morgan fingerprint density at radius 2 is 2.07 bits per heavy atom. The van der Waals surface area contributed by atoms with Crippen molar-refractivity contribution < 1.29 is 14.7 Å². The van der Waals surface area contributed by atoms with Crippen LogP contribution in [0.5, 0.6) is 0 Å². The second-order valence-electron chi connectivity index (χ2n) is 3.04. The summed E-state index contributed by atoms with van der Waals surface area (Å²) in [5, 5.41) is 9.62. The maximum atomic E-state index is 11.4. The molecule has 1 atom stereocenters. The molecule has 72 valence electrons. The Balaban J connectivity index is 2.59. The summed E-state index contributed by atoms with van der Waals surface area (Å²) in [5.74, 6) is 3.81. The highest BCUT2D eigenvalue weighted by Crippen LogP contribution is 2.30. The van der Waals surface area contributed by atoms with Crippen LogP contribution in [0.3, 0.4) is 0 Å². The van der Waals surface area contributed by atoms with E-state index >= 15 is 0 Å². The molecular formula is C9H8N2O3. The van der Waals surface area contributed by atoms with Gasteiger partial charge in [0.15, 0.2) is 6.04 Å². The molecule has 1 aliphatic rings. The first-order valence-electron chi connectivity index (χ1n) is 4.03. The van der Waals surface area contributed by atoms with Crippen LogP contribution in [-0.2, 0) is 4.79 Å². The molecule has 1 aromatic carbocycles. The summed E-state index contributed by atoms with van der Waals surface area (Å²) in [6.45, 7) is 0.